The van der Waals surface area contributed by atoms with Gasteiger partial charge in [-0.2, -0.15) is 0 Å². The minimum absolute atomic E-state index is 0.0943. The third kappa shape index (κ3) is 8.21. The third-order valence-corrected chi connectivity index (χ3v) is 8.55. The number of aliphatic carboxylic acids is 1. The molecule has 10 nitrogen and oxygen atoms in total. The van der Waals surface area contributed by atoms with Crippen molar-refractivity contribution in [2.24, 2.45) is 17.3 Å². The molecule has 3 heterocycles. The maximum atomic E-state index is 13.1. The number of likely N-dealkylation sites (tertiary alicyclic amines) is 1. The van der Waals surface area contributed by atoms with Crippen molar-refractivity contribution in [3.05, 3.63) is 29.8 Å². The Morgan fingerprint density at radius 3 is 2.22 bits per heavy atom. The molecule has 10 heteroatoms. The number of carboxylic acids is 1. The van der Waals surface area contributed by atoms with E-state index in [-0.39, 0.29) is 25.6 Å². The highest BCUT2D eigenvalue weighted by atomic mass is 16.5. The first-order chi connectivity index (χ1) is 19.5. The first-order valence-electron chi connectivity index (χ1n) is 15.1. The van der Waals surface area contributed by atoms with Gasteiger partial charge in [-0.3, -0.25) is 9.59 Å². The van der Waals surface area contributed by atoms with Gasteiger partial charge in [-0.15, -0.1) is 0 Å². The second-order valence-electron chi connectivity index (χ2n) is 12.9. The van der Waals surface area contributed by atoms with Gasteiger partial charge in [0, 0.05) is 26.2 Å². The minimum Gasteiger partial charge on any atom is -0.484 e. The molecule has 3 aliphatic heterocycles. The number of ether oxygens (including phenoxy) is 1. The van der Waals surface area contributed by atoms with Gasteiger partial charge in [-0.05, 0) is 80.6 Å². The molecule has 1 aromatic carbocycles. The Hall–Kier alpha value is -3.14. The quantitative estimate of drug-likeness (QED) is 0.327. The van der Waals surface area contributed by atoms with Gasteiger partial charge in [0.25, 0.3) is 5.91 Å². The molecule has 4 rings (SSSR count). The van der Waals surface area contributed by atoms with Crippen molar-refractivity contribution in [3.8, 4) is 5.75 Å². The molecule has 3 aliphatic rings. The highest BCUT2D eigenvalue weighted by molar-refractivity contribution is 6.07. The molecule has 41 heavy (non-hydrogen) atoms. The van der Waals surface area contributed by atoms with E-state index < -0.39 is 29.9 Å². The van der Waals surface area contributed by atoms with Crippen molar-refractivity contribution >= 4 is 23.8 Å². The average Bonchev–Trinajstić information content (AvgIpc) is 2.95. The van der Waals surface area contributed by atoms with E-state index in [0.717, 1.165) is 43.7 Å². The number of imide groups is 1. The zero-order chi connectivity index (χ0) is 29.6. The Labute approximate surface area is 243 Å². The second kappa shape index (κ2) is 13.7. The monoisotopic (exact) mass is 570 g/mol. The van der Waals surface area contributed by atoms with Gasteiger partial charge >= 0.3 is 12.0 Å². The summed E-state index contributed by atoms with van der Waals surface area (Å²) in [6.45, 7) is 9.51. The van der Waals surface area contributed by atoms with Crippen LogP contribution in [0.25, 0.3) is 0 Å². The fourth-order valence-corrected chi connectivity index (χ4v) is 6.02. The zero-order valence-electron chi connectivity index (χ0n) is 24.8. The summed E-state index contributed by atoms with van der Waals surface area (Å²) in [4.78, 5) is 54.7. The van der Waals surface area contributed by atoms with Crippen LogP contribution in [-0.4, -0.2) is 95.5 Å². The van der Waals surface area contributed by atoms with E-state index in [1.165, 1.54) is 23.3 Å². The van der Waals surface area contributed by atoms with Crippen LogP contribution in [0.5, 0.6) is 5.75 Å². The van der Waals surface area contributed by atoms with Gasteiger partial charge in [-0.25, -0.2) is 14.5 Å². The summed E-state index contributed by atoms with van der Waals surface area (Å²) in [5.74, 6) is -1.43. The molecule has 0 unspecified atom stereocenters. The number of nitrogens with zero attached hydrogens (tertiary/aromatic N) is 3. The van der Waals surface area contributed by atoms with Gasteiger partial charge in [-0.1, -0.05) is 39.3 Å². The summed E-state index contributed by atoms with van der Waals surface area (Å²) in [6.07, 6.45) is 6.89. The molecule has 0 bridgehead atoms. The molecule has 4 amide bonds. The molecule has 3 saturated heterocycles. The third-order valence-electron chi connectivity index (χ3n) is 8.55. The van der Waals surface area contributed by atoms with E-state index in [9.17, 15) is 24.3 Å². The molecule has 2 N–H and O–H groups in total. The van der Waals surface area contributed by atoms with Crippen LogP contribution in [0.2, 0.25) is 0 Å². The Bertz CT molecular complexity index is 1070. The lowest BCUT2D eigenvalue weighted by Gasteiger charge is -2.47. The number of benzene rings is 1. The van der Waals surface area contributed by atoms with E-state index in [1.807, 2.05) is 24.3 Å². The topological polar surface area (TPSA) is 119 Å². The van der Waals surface area contributed by atoms with E-state index in [2.05, 4.69) is 26.1 Å². The van der Waals surface area contributed by atoms with Crippen LogP contribution in [-0.2, 0) is 20.8 Å². The molecule has 0 saturated carbocycles. The molecule has 0 aromatic heterocycles. The highest BCUT2D eigenvalue weighted by Gasteiger charge is 2.56. The Morgan fingerprint density at radius 2 is 1.61 bits per heavy atom. The molecule has 3 fully saturated rings. The number of piperazine rings is 1. The number of unbranched alkanes of at least 4 members (excludes halogenated alkanes) is 1. The summed E-state index contributed by atoms with van der Waals surface area (Å²) in [5, 5.41) is 13.1. The van der Waals surface area contributed by atoms with Crippen molar-refractivity contribution < 1.29 is 29.0 Å². The van der Waals surface area contributed by atoms with E-state index in [4.69, 9.17) is 4.74 Å². The van der Waals surface area contributed by atoms with Crippen LogP contribution in [0.15, 0.2) is 24.3 Å². The Balaban J connectivity index is 1.19. The number of urea groups is 1. The highest BCUT2D eigenvalue weighted by Crippen LogP contribution is 2.35. The average molecular weight is 571 g/mol. The first kappa shape index (κ1) is 30.8. The van der Waals surface area contributed by atoms with Gasteiger partial charge in [0.1, 0.15) is 5.75 Å². The van der Waals surface area contributed by atoms with Gasteiger partial charge in [0.05, 0.1) is 5.92 Å². The minimum atomic E-state index is -1.14. The number of hydrogen-bond donors (Lipinski definition) is 2. The van der Waals surface area contributed by atoms with Gasteiger partial charge < -0.3 is 25.0 Å². The van der Waals surface area contributed by atoms with Crippen LogP contribution >= 0.6 is 0 Å². The van der Waals surface area contributed by atoms with Crippen LogP contribution in [0.3, 0.4) is 0 Å². The van der Waals surface area contributed by atoms with E-state index in [1.54, 1.807) is 4.90 Å². The molecule has 1 aromatic rings. The van der Waals surface area contributed by atoms with Crippen LogP contribution in [0.4, 0.5) is 4.79 Å². The van der Waals surface area contributed by atoms with E-state index in [0.29, 0.717) is 36.6 Å². The van der Waals surface area contributed by atoms with Crippen molar-refractivity contribution in [2.75, 3.05) is 45.9 Å². The lowest BCUT2D eigenvalue weighted by Crippen LogP contribution is -2.69. The number of β-lactam (4-membered cyclic amide) rings is 1. The smallest absolute Gasteiger partial charge is 0.327 e. The van der Waals surface area contributed by atoms with Gasteiger partial charge in [0.15, 0.2) is 12.6 Å². The molecule has 0 radical (unpaired) electrons. The summed E-state index contributed by atoms with van der Waals surface area (Å²) in [7, 11) is 0. The summed E-state index contributed by atoms with van der Waals surface area (Å²) in [6, 6.07) is 6.17. The number of amides is 4. The fourth-order valence-electron chi connectivity index (χ4n) is 6.02. The SMILES string of the molecule is CC(C)(C)CCCCc1ccc(OCC(=O)N2CCN(C(=O)N3C(=O)[C@H](CC4CCNCC4)[C@H]3C(=O)O)CC2)cc1. The summed E-state index contributed by atoms with van der Waals surface area (Å²) in [5.41, 5.74) is 1.61. The molecular formula is C31H46N4O6. The number of nitrogens with one attached hydrogen (secondary N) is 1. The lowest BCUT2D eigenvalue weighted by atomic mass is 9.78. The van der Waals surface area contributed by atoms with Crippen LogP contribution < -0.4 is 10.1 Å². The number of rotatable bonds is 10. The predicted octanol–water partition coefficient (Wildman–Crippen LogP) is 3.39. The standard InChI is InChI=1S/C31H46N4O6/c1-31(2,3)13-5-4-6-22-7-9-24(10-8-22)41-21-26(36)33-16-18-34(19-17-33)30(40)35-27(29(38)39)25(28(35)37)20-23-11-14-32-15-12-23/h7-10,23,25,27,32H,4-6,11-21H2,1-3H3,(H,38,39)/t25-,27+/m1/s1. The number of hydrogen-bond acceptors (Lipinski definition) is 6. The van der Waals surface area contributed by atoms with Crippen molar-refractivity contribution in [1.29, 1.82) is 0 Å². The molecule has 0 spiro atoms. The van der Waals surface area contributed by atoms with Gasteiger partial charge in [0.2, 0.25) is 5.91 Å². The van der Waals surface area contributed by atoms with Crippen molar-refractivity contribution in [2.45, 2.75) is 71.8 Å². The summed E-state index contributed by atoms with van der Waals surface area (Å²) < 4.78 is 5.72. The molecular weight excluding hydrogens is 524 g/mol. The van der Waals surface area contributed by atoms with Crippen molar-refractivity contribution in [3.63, 3.8) is 0 Å². The zero-order valence-corrected chi connectivity index (χ0v) is 24.8. The predicted molar refractivity (Wildman–Crippen MR) is 154 cm³/mol. The lowest BCUT2D eigenvalue weighted by molar-refractivity contribution is -0.167. The van der Waals surface area contributed by atoms with Crippen molar-refractivity contribution in [1.82, 2.24) is 20.0 Å². The maximum absolute atomic E-state index is 13.1. The molecule has 0 aliphatic carbocycles. The maximum Gasteiger partial charge on any atom is 0.327 e. The Kier molecular flexibility index (Phi) is 10.3. The number of piperidine rings is 1. The number of carboxylic acid groups (broad SMARTS) is 1. The Morgan fingerprint density at radius 1 is 0.976 bits per heavy atom. The largest absolute Gasteiger partial charge is 0.484 e. The first-order valence-corrected chi connectivity index (χ1v) is 15.1. The normalized spacial score (nSPS) is 21.9. The molecule has 2 atom stereocenters. The number of aryl methyl sites for hydroxylation is 1. The number of carbonyl (C=O) groups is 4. The summed E-state index contributed by atoms with van der Waals surface area (Å²) >= 11 is 0. The van der Waals surface area contributed by atoms with E-state index >= 15 is 0 Å². The second-order valence-corrected chi connectivity index (χ2v) is 12.9. The van der Waals surface area contributed by atoms with Crippen LogP contribution in [0, 0.1) is 17.3 Å². The molecule has 226 valence electrons. The van der Waals surface area contributed by atoms with Crippen LogP contribution in [0.1, 0.15) is 64.9 Å². The number of carbonyl (C=O) groups excluding carboxylic acids is 3. The fraction of sp³-hybridized carbons (Fsp3) is 0.677.